The van der Waals surface area contributed by atoms with Crippen LogP contribution < -0.4 is 4.57 Å². The van der Waals surface area contributed by atoms with Crippen LogP contribution in [0.15, 0.2) is 24.8 Å². The first-order valence-corrected chi connectivity index (χ1v) is 10.6. The van der Waals surface area contributed by atoms with E-state index in [1.54, 1.807) is 0 Å². The van der Waals surface area contributed by atoms with Crippen LogP contribution >= 0.6 is 0 Å². The third-order valence-electron chi connectivity index (χ3n) is 8.11. The van der Waals surface area contributed by atoms with E-state index in [1.165, 1.54) is 66.3 Å². The van der Waals surface area contributed by atoms with Crippen molar-refractivity contribution in [3.05, 3.63) is 52.6 Å². The number of aromatic nitrogens is 2. The third kappa shape index (κ3) is 2.48. The van der Waals surface area contributed by atoms with Gasteiger partial charge in [0.2, 0.25) is 6.33 Å². The molecule has 6 rings (SSSR count). The molecule has 4 saturated carbocycles. The second-order valence-electron chi connectivity index (χ2n) is 9.87. The highest BCUT2D eigenvalue weighted by Gasteiger charge is 2.54. The molecular weight excluding hydrogens is 316 g/mol. The quantitative estimate of drug-likeness (QED) is 0.691. The first-order chi connectivity index (χ1) is 12.4. The average molecular weight is 350 g/mol. The predicted molar refractivity (Wildman–Crippen MR) is 105 cm³/mol. The number of hydrogen-bond acceptors (Lipinski definition) is 0. The first-order valence-electron chi connectivity index (χ1n) is 10.6. The molecular formula is C24H33N2+. The Hall–Kier alpha value is -1.57. The SMILES string of the molecule is Cc1cc(C)c(C)c(C[n+]2ccn(C34CC5CC(CC(C5)C3)C4)c2)c1C. The molecule has 4 fully saturated rings. The minimum Gasteiger partial charge on any atom is -0.233 e. The highest BCUT2D eigenvalue weighted by molar-refractivity contribution is 5.43. The van der Waals surface area contributed by atoms with E-state index in [-0.39, 0.29) is 0 Å². The lowest BCUT2D eigenvalue weighted by Crippen LogP contribution is -2.52. The molecule has 0 radical (unpaired) electrons. The second-order valence-corrected chi connectivity index (χ2v) is 9.87. The zero-order valence-electron chi connectivity index (χ0n) is 16.9. The monoisotopic (exact) mass is 349 g/mol. The van der Waals surface area contributed by atoms with Gasteiger partial charge in [0.15, 0.2) is 0 Å². The Bertz CT molecular complexity index is 796. The predicted octanol–water partition coefficient (Wildman–Crippen LogP) is 4.98. The van der Waals surface area contributed by atoms with Crippen LogP contribution in [0.5, 0.6) is 0 Å². The molecule has 26 heavy (non-hydrogen) atoms. The molecule has 2 heteroatoms. The average Bonchev–Trinajstić information content (AvgIpc) is 3.05. The van der Waals surface area contributed by atoms with Crippen molar-refractivity contribution in [1.29, 1.82) is 0 Å². The number of rotatable bonds is 3. The first kappa shape index (κ1) is 16.6. The largest absolute Gasteiger partial charge is 0.244 e. The molecule has 1 aromatic carbocycles. The van der Waals surface area contributed by atoms with Crippen molar-refractivity contribution in [2.45, 2.75) is 78.3 Å². The molecule has 0 saturated heterocycles. The van der Waals surface area contributed by atoms with Crippen molar-refractivity contribution in [3.63, 3.8) is 0 Å². The van der Waals surface area contributed by atoms with Crippen LogP contribution in [-0.2, 0) is 12.1 Å². The Morgan fingerprint density at radius 1 is 0.923 bits per heavy atom. The fraction of sp³-hybridized carbons (Fsp3) is 0.625. The van der Waals surface area contributed by atoms with E-state index >= 15 is 0 Å². The van der Waals surface area contributed by atoms with E-state index in [0.717, 1.165) is 24.3 Å². The molecule has 0 unspecified atom stereocenters. The summed E-state index contributed by atoms with van der Waals surface area (Å²) in [7, 11) is 0. The lowest BCUT2D eigenvalue weighted by Gasteiger charge is -2.54. The fourth-order valence-electron chi connectivity index (χ4n) is 6.87. The standard InChI is InChI=1S/C24H33N2/c1-16-7-17(2)19(4)23(18(16)3)14-25-5-6-26(15-25)24-11-20-8-21(12-24)10-22(9-20)13-24/h5-7,15,20-22H,8-14H2,1-4H3/q+1. The van der Waals surface area contributed by atoms with Crippen LogP contribution in [0.25, 0.3) is 0 Å². The summed E-state index contributed by atoms with van der Waals surface area (Å²) >= 11 is 0. The van der Waals surface area contributed by atoms with Crippen molar-refractivity contribution >= 4 is 0 Å². The van der Waals surface area contributed by atoms with Gasteiger partial charge in [-0.05, 0) is 112 Å². The number of imidazole rings is 1. The normalized spacial score (nSPS) is 32.4. The molecule has 138 valence electrons. The van der Waals surface area contributed by atoms with E-state index in [1.807, 2.05) is 0 Å². The molecule has 0 aliphatic heterocycles. The van der Waals surface area contributed by atoms with E-state index in [4.69, 9.17) is 0 Å². The topological polar surface area (TPSA) is 8.81 Å². The van der Waals surface area contributed by atoms with Gasteiger partial charge in [-0.2, -0.15) is 0 Å². The Morgan fingerprint density at radius 3 is 2.00 bits per heavy atom. The summed E-state index contributed by atoms with van der Waals surface area (Å²) in [5, 5.41) is 0. The van der Waals surface area contributed by atoms with Gasteiger partial charge in [0, 0.05) is 0 Å². The summed E-state index contributed by atoms with van der Waals surface area (Å²) in [4.78, 5) is 0. The smallest absolute Gasteiger partial charge is 0.233 e. The fourth-order valence-corrected chi connectivity index (χ4v) is 6.87. The van der Waals surface area contributed by atoms with Crippen LogP contribution in [0.1, 0.15) is 66.3 Å². The van der Waals surface area contributed by atoms with Gasteiger partial charge in [0.1, 0.15) is 24.5 Å². The summed E-state index contributed by atoms with van der Waals surface area (Å²) in [6.45, 7) is 10.1. The van der Waals surface area contributed by atoms with E-state index in [0.29, 0.717) is 5.54 Å². The second kappa shape index (κ2) is 5.71. The molecule has 0 N–H and O–H groups in total. The Morgan fingerprint density at radius 2 is 1.46 bits per heavy atom. The van der Waals surface area contributed by atoms with Gasteiger partial charge in [-0.25, -0.2) is 9.13 Å². The van der Waals surface area contributed by atoms with Crippen molar-refractivity contribution in [2.75, 3.05) is 0 Å². The molecule has 0 atom stereocenters. The summed E-state index contributed by atoms with van der Waals surface area (Å²) in [5.41, 5.74) is 7.71. The van der Waals surface area contributed by atoms with Crippen molar-refractivity contribution in [1.82, 2.24) is 4.57 Å². The minimum atomic E-state index is 0.437. The van der Waals surface area contributed by atoms with Crippen molar-refractivity contribution in [3.8, 4) is 0 Å². The van der Waals surface area contributed by atoms with Crippen LogP contribution in [-0.4, -0.2) is 4.57 Å². The van der Waals surface area contributed by atoms with Crippen LogP contribution in [0, 0.1) is 45.4 Å². The van der Waals surface area contributed by atoms with Crippen LogP contribution in [0.4, 0.5) is 0 Å². The zero-order chi connectivity index (χ0) is 18.1. The molecule has 0 amide bonds. The van der Waals surface area contributed by atoms with Gasteiger partial charge < -0.3 is 0 Å². The number of nitrogens with zero attached hydrogens (tertiary/aromatic N) is 2. The van der Waals surface area contributed by atoms with Crippen molar-refractivity contribution < 1.29 is 4.57 Å². The van der Waals surface area contributed by atoms with Gasteiger partial charge in [-0.3, -0.25) is 0 Å². The molecule has 4 aliphatic carbocycles. The summed E-state index contributed by atoms with van der Waals surface area (Å²) in [6.07, 6.45) is 15.9. The van der Waals surface area contributed by atoms with Gasteiger partial charge >= 0.3 is 0 Å². The molecule has 1 heterocycles. The highest BCUT2D eigenvalue weighted by Crippen LogP contribution is 2.58. The third-order valence-corrected chi connectivity index (χ3v) is 8.11. The van der Waals surface area contributed by atoms with E-state index < -0.39 is 0 Å². The Kier molecular flexibility index (Phi) is 3.64. The highest BCUT2D eigenvalue weighted by atomic mass is 15.2. The van der Waals surface area contributed by atoms with E-state index in [9.17, 15) is 0 Å². The van der Waals surface area contributed by atoms with Gasteiger partial charge in [-0.15, -0.1) is 0 Å². The van der Waals surface area contributed by atoms with Gasteiger partial charge in [0.25, 0.3) is 0 Å². The number of benzene rings is 1. The number of aryl methyl sites for hydroxylation is 2. The number of hydrogen-bond donors (Lipinski definition) is 0. The Balaban J connectivity index is 1.45. The molecule has 2 aromatic rings. The van der Waals surface area contributed by atoms with Gasteiger partial charge in [-0.1, -0.05) is 6.07 Å². The molecule has 1 aromatic heterocycles. The molecule has 2 nitrogen and oxygen atoms in total. The van der Waals surface area contributed by atoms with Gasteiger partial charge in [0.05, 0.1) is 0 Å². The maximum atomic E-state index is 2.62. The maximum Gasteiger partial charge on any atom is 0.244 e. The summed E-state index contributed by atoms with van der Waals surface area (Å²) in [6, 6.07) is 2.33. The molecule has 0 spiro atoms. The van der Waals surface area contributed by atoms with Crippen molar-refractivity contribution in [2.24, 2.45) is 17.8 Å². The molecule has 4 aliphatic rings. The Labute approximate surface area is 158 Å². The van der Waals surface area contributed by atoms with Crippen LogP contribution in [0.3, 0.4) is 0 Å². The summed E-state index contributed by atoms with van der Waals surface area (Å²) in [5.74, 6) is 3.00. The van der Waals surface area contributed by atoms with Crippen LogP contribution in [0.2, 0.25) is 0 Å². The minimum absolute atomic E-state index is 0.437. The lowest BCUT2D eigenvalue weighted by molar-refractivity contribution is -0.688. The zero-order valence-corrected chi connectivity index (χ0v) is 16.9. The lowest BCUT2D eigenvalue weighted by atomic mass is 9.53. The van der Waals surface area contributed by atoms with E-state index in [2.05, 4.69) is 61.6 Å². The maximum absolute atomic E-state index is 2.62. The summed E-state index contributed by atoms with van der Waals surface area (Å²) < 4.78 is 5.04. The molecule has 4 bridgehead atoms.